The van der Waals surface area contributed by atoms with E-state index >= 15 is 0 Å². The largest absolute Gasteiger partial charge is 0.494 e. The van der Waals surface area contributed by atoms with Crippen LogP contribution in [0.25, 0.3) is 12.2 Å². The van der Waals surface area contributed by atoms with Crippen LogP contribution >= 0.6 is 0 Å². The van der Waals surface area contributed by atoms with E-state index < -0.39 is 0 Å². The van der Waals surface area contributed by atoms with Gasteiger partial charge in [0.25, 0.3) is 0 Å². The summed E-state index contributed by atoms with van der Waals surface area (Å²) in [5.74, 6) is 0.171. The van der Waals surface area contributed by atoms with Crippen molar-refractivity contribution in [3.8, 4) is 5.75 Å². The summed E-state index contributed by atoms with van der Waals surface area (Å²) in [6, 6.07) is 15.4. The summed E-state index contributed by atoms with van der Waals surface area (Å²) < 4.78 is 14.5. The van der Waals surface area contributed by atoms with E-state index in [9.17, 15) is 9.59 Å². The van der Waals surface area contributed by atoms with Gasteiger partial charge in [0.15, 0.2) is 0 Å². The summed E-state index contributed by atoms with van der Waals surface area (Å²) >= 11 is 0. The highest BCUT2D eigenvalue weighted by molar-refractivity contribution is 5.87. The van der Waals surface area contributed by atoms with Crippen LogP contribution in [0.3, 0.4) is 0 Å². The molecule has 154 valence electrons. The van der Waals surface area contributed by atoms with Gasteiger partial charge in [0, 0.05) is 12.2 Å². The lowest BCUT2D eigenvalue weighted by Crippen LogP contribution is -1.98. The number of hydrogen-bond acceptors (Lipinski definition) is 5. The lowest BCUT2D eigenvalue weighted by Gasteiger charge is -2.01. The molecule has 29 heavy (non-hydrogen) atoms. The van der Waals surface area contributed by atoms with Crippen molar-refractivity contribution in [3.63, 3.8) is 0 Å². The lowest BCUT2D eigenvalue weighted by molar-refractivity contribution is -0.137. The molecule has 0 unspecified atom stereocenters. The third-order valence-electron chi connectivity index (χ3n) is 3.58. The molecule has 0 spiro atoms. The predicted octanol–water partition coefficient (Wildman–Crippen LogP) is 4.84. The van der Waals surface area contributed by atoms with Crippen molar-refractivity contribution in [2.45, 2.75) is 20.8 Å². The van der Waals surface area contributed by atoms with Gasteiger partial charge in [-0.3, -0.25) is 0 Å². The minimum atomic E-state index is -0.358. The van der Waals surface area contributed by atoms with E-state index in [0.29, 0.717) is 13.2 Å². The van der Waals surface area contributed by atoms with Crippen molar-refractivity contribution >= 4 is 24.1 Å². The Balaban J connectivity index is 0.000000291. The first-order chi connectivity index (χ1) is 14.0. The molecule has 0 bridgehead atoms. The van der Waals surface area contributed by atoms with E-state index in [4.69, 9.17) is 9.47 Å². The molecule has 0 amide bonds. The number of aryl methyl sites for hydroxylation is 1. The Morgan fingerprint density at radius 3 is 1.79 bits per heavy atom. The molecule has 2 aromatic carbocycles. The van der Waals surface area contributed by atoms with Crippen LogP contribution in [0.1, 0.15) is 30.5 Å². The van der Waals surface area contributed by atoms with Gasteiger partial charge in [-0.05, 0) is 56.2 Å². The average molecular weight is 396 g/mol. The van der Waals surface area contributed by atoms with Gasteiger partial charge in [0.1, 0.15) is 5.75 Å². The molecule has 0 atom stereocenters. The zero-order valence-corrected chi connectivity index (χ0v) is 17.4. The molecule has 0 aliphatic rings. The van der Waals surface area contributed by atoms with Crippen LogP contribution in [0, 0.1) is 6.92 Å². The first kappa shape index (κ1) is 23.7. The topological polar surface area (TPSA) is 61.8 Å². The number of carbonyl (C=O) groups is 2. The number of ether oxygens (including phenoxy) is 3. The van der Waals surface area contributed by atoms with Gasteiger partial charge >= 0.3 is 11.9 Å². The van der Waals surface area contributed by atoms with Crippen LogP contribution in [0.4, 0.5) is 0 Å². The monoisotopic (exact) mass is 396 g/mol. The fourth-order valence-electron chi connectivity index (χ4n) is 2.11. The van der Waals surface area contributed by atoms with Gasteiger partial charge in [-0.25, -0.2) is 9.59 Å². The SMILES string of the molecule is CCOC(=O)/C=C/c1ccc(C)cc1.CCOc1ccc(/C=C/C(=O)OC)cc1. The van der Waals surface area contributed by atoms with E-state index in [-0.39, 0.29) is 11.9 Å². The number of hydrogen-bond donors (Lipinski definition) is 0. The van der Waals surface area contributed by atoms with E-state index in [1.807, 2.05) is 62.4 Å². The van der Waals surface area contributed by atoms with Crippen molar-refractivity contribution in [3.05, 3.63) is 77.4 Å². The minimum absolute atomic E-state index is 0.298. The second-order valence-corrected chi connectivity index (χ2v) is 5.85. The Morgan fingerprint density at radius 1 is 0.793 bits per heavy atom. The highest BCUT2D eigenvalue weighted by Gasteiger charge is 1.94. The molecule has 0 aliphatic carbocycles. The summed E-state index contributed by atoms with van der Waals surface area (Å²) in [5, 5.41) is 0. The van der Waals surface area contributed by atoms with E-state index in [1.165, 1.54) is 24.8 Å². The fraction of sp³-hybridized carbons (Fsp3) is 0.250. The second kappa shape index (κ2) is 13.8. The Kier molecular flexibility index (Phi) is 11.3. The van der Waals surface area contributed by atoms with Crippen molar-refractivity contribution in [2.24, 2.45) is 0 Å². The standard InChI is InChI=1S/C12H14O3.C12H14O2/c1-3-15-11-7-4-10(5-8-11)6-9-12(13)14-2;1-3-14-12(13)9-8-11-6-4-10(2)5-7-11/h4-9H,3H2,1-2H3;4-9H,3H2,1-2H3/b9-6+;9-8+. The molecule has 5 heteroatoms. The zero-order chi connectivity index (χ0) is 21.5. The lowest BCUT2D eigenvalue weighted by atomic mass is 10.1. The maximum Gasteiger partial charge on any atom is 0.330 e. The summed E-state index contributed by atoms with van der Waals surface area (Å²) in [4.78, 5) is 21.8. The van der Waals surface area contributed by atoms with Crippen molar-refractivity contribution in [1.82, 2.24) is 0 Å². The van der Waals surface area contributed by atoms with Crippen LogP contribution < -0.4 is 4.74 Å². The van der Waals surface area contributed by atoms with E-state index in [2.05, 4.69) is 4.74 Å². The van der Waals surface area contributed by atoms with Crippen molar-refractivity contribution in [2.75, 3.05) is 20.3 Å². The Bertz CT molecular complexity index is 802. The van der Waals surface area contributed by atoms with Crippen molar-refractivity contribution < 1.29 is 23.8 Å². The first-order valence-corrected chi connectivity index (χ1v) is 9.38. The van der Waals surface area contributed by atoms with Gasteiger partial charge < -0.3 is 14.2 Å². The second-order valence-electron chi connectivity index (χ2n) is 5.85. The molecule has 0 fully saturated rings. The number of carbonyl (C=O) groups excluding carboxylic acids is 2. The molecule has 0 aliphatic heterocycles. The summed E-state index contributed by atoms with van der Waals surface area (Å²) in [7, 11) is 1.35. The molecule has 0 saturated heterocycles. The molecule has 0 saturated carbocycles. The Morgan fingerprint density at radius 2 is 1.31 bits per heavy atom. The molecule has 0 N–H and O–H groups in total. The third kappa shape index (κ3) is 10.5. The highest BCUT2D eigenvalue weighted by Crippen LogP contribution is 2.13. The van der Waals surface area contributed by atoms with Gasteiger partial charge in [-0.2, -0.15) is 0 Å². The first-order valence-electron chi connectivity index (χ1n) is 9.38. The molecule has 5 nitrogen and oxygen atoms in total. The number of methoxy groups -OCH3 is 1. The van der Waals surface area contributed by atoms with E-state index in [0.717, 1.165) is 16.9 Å². The maximum atomic E-state index is 11.0. The summed E-state index contributed by atoms with van der Waals surface area (Å²) in [5.41, 5.74) is 3.14. The molecule has 0 radical (unpaired) electrons. The minimum Gasteiger partial charge on any atom is -0.494 e. The smallest absolute Gasteiger partial charge is 0.330 e. The van der Waals surface area contributed by atoms with Gasteiger partial charge in [-0.15, -0.1) is 0 Å². The highest BCUT2D eigenvalue weighted by atomic mass is 16.5. The zero-order valence-electron chi connectivity index (χ0n) is 17.4. The van der Waals surface area contributed by atoms with Crippen LogP contribution in [0.5, 0.6) is 5.75 Å². The van der Waals surface area contributed by atoms with Gasteiger partial charge in [-0.1, -0.05) is 42.0 Å². The molecule has 0 heterocycles. The van der Waals surface area contributed by atoms with Crippen LogP contribution in [0.15, 0.2) is 60.7 Å². The van der Waals surface area contributed by atoms with Crippen molar-refractivity contribution in [1.29, 1.82) is 0 Å². The quantitative estimate of drug-likeness (QED) is 0.495. The number of esters is 2. The molecular weight excluding hydrogens is 368 g/mol. The molecule has 0 aromatic heterocycles. The van der Waals surface area contributed by atoms with Gasteiger partial charge in [0.05, 0.1) is 20.3 Å². The molecular formula is C24H28O5. The van der Waals surface area contributed by atoms with Crippen LogP contribution in [-0.4, -0.2) is 32.3 Å². The molecule has 2 rings (SSSR count). The van der Waals surface area contributed by atoms with Gasteiger partial charge in [0.2, 0.25) is 0 Å². The van der Waals surface area contributed by atoms with Crippen LogP contribution in [-0.2, 0) is 19.1 Å². The number of rotatable bonds is 7. The Hall–Kier alpha value is -3.34. The molecule has 2 aromatic rings. The predicted molar refractivity (Wildman–Crippen MR) is 116 cm³/mol. The number of benzene rings is 2. The normalized spacial score (nSPS) is 10.3. The fourth-order valence-corrected chi connectivity index (χ4v) is 2.11. The third-order valence-corrected chi connectivity index (χ3v) is 3.58. The van der Waals surface area contributed by atoms with E-state index in [1.54, 1.807) is 19.1 Å². The summed E-state index contributed by atoms with van der Waals surface area (Å²) in [6.07, 6.45) is 6.27. The Labute approximate surface area is 172 Å². The maximum absolute atomic E-state index is 11.0. The van der Waals surface area contributed by atoms with Crippen LogP contribution in [0.2, 0.25) is 0 Å². The summed E-state index contributed by atoms with van der Waals surface area (Å²) in [6.45, 7) is 6.82. The average Bonchev–Trinajstić information content (AvgIpc) is 2.73.